The zero-order valence-corrected chi connectivity index (χ0v) is 8.08. The average Bonchev–Trinajstić information content (AvgIpc) is 2.62. The van der Waals surface area contributed by atoms with Crippen LogP contribution >= 0.6 is 11.3 Å². The molecule has 2 rings (SSSR count). The van der Waals surface area contributed by atoms with E-state index in [0.717, 1.165) is 0 Å². The lowest BCUT2D eigenvalue weighted by Gasteiger charge is -2.01. The number of hydrogen-bond acceptors (Lipinski definition) is 2. The molecule has 2 heteroatoms. The SMILES string of the molecule is C/C(CN)=C1/CCc2ccsc21. The highest BCUT2D eigenvalue weighted by Gasteiger charge is 2.18. The smallest absolute Gasteiger partial charge is 0.0334 e. The van der Waals surface area contributed by atoms with Crippen LogP contribution in [0, 0.1) is 0 Å². The maximum absolute atomic E-state index is 5.62. The van der Waals surface area contributed by atoms with Crippen LogP contribution in [0.2, 0.25) is 0 Å². The number of hydrogen-bond donors (Lipinski definition) is 1. The first kappa shape index (κ1) is 8.02. The minimum absolute atomic E-state index is 0.701. The molecule has 0 amide bonds. The van der Waals surface area contributed by atoms with Crippen LogP contribution in [0.25, 0.3) is 5.57 Å². The first-order chi connectivity index (χ1) is 5.83. The molecule has 0 radical (unpaired) electrons. The Morgan fingerprint density at radius 3 is 3.17 bits per heavy atom. The lowest BCUT2D eigenvalue weighted by atomic mass is 10.1. The third kappa shape index (κ3) is 1.11. The molecule has 0 saturated heterocycles. The van der Waals surface area contributed by atoms with Gasteiger partial charge in [0.2, 0.25) is 0 Å². The summed E-state index contributed by atoms with van der Waals surface area (Å²) < 4.78 is 0. The Morgan fingerprint density at radius 1 is 1.58 bits per heavy atom. The Labute approximate surface area is 76.9 Å². The van der Waals surface area contributed by atoms with Crippen LogP contribution < -0.4 is 5.73 Å². The molecule has 0 saturated carbocycles. The molecule has 12 heavy (non-hydrogen) atoms. The number of fused-ring (bicyclic) bond motifs is 1. The summed E-state index contributed by atoms with van der Waals surface area (Å²) in [6, 6.07) is 2.23. The summed E-state index contributed by atoms with van der Waals surface area (Å²) in [5.41, 5.74) is 10.0. The molecule has 1 nitrogen and oxygen atoms in total. The van der Waals surface area contributed by atoms with Gasteiger partial charge < -0.3 is 5.73 Å². The Balaban J connectivity index is 2.46. The number of thiophene rings is 1. The molecular weight excluding hydrogens is 166 g/mol. The van der Waals surface area contributed by atoms with Crippen molar-refractivity contribution < 1.29 is 0 Å². The van der Waals surface area contributed by atoms with Crippen molar-refractivity contribution in [1.29, 1.82) is 0 Å². The van der Waals surface area contributed by atoms with Gasteiger partial charge >= 0.3 is 0 Å². The fraction of sp³-hybridized carbons (Fsp3) is 0.400. The van der Waals surface area contributed by atoms with Gasteiger partial charge in [-0.05, 0) is 42.3 Å². The quantitative estimate of drug-likeness (QED) is 0.704. The van der Waals surface area contributed by atoms with Gasteiger partial charge in [-0.3, -0.25) is 0 Å². The van der Waals surface area contributed by atoms with E-state index < -0.39 is 0 Å². The van der Waals surface area contributed by atoms with Crippen molar-refractivity contribution in [3.8, 4) is 0 Å². The molecule has 2 N–H and O–H groups in total. The number of rotatable bonds is 1. The minimum atomic E-state index is 0.701. The van der Waals surface area contributed by atoms with Crippen molar-refractivity contribution in [3.05, 3.63) is 27.5 Å². The first-order valence-electron chi connectivity index (χ1n) is 4.28. The molecule has 1 aliphatic carbocycles. The van der Waals surface area contributed by atoms with Gasteiger partial charge in [0.15, 0.2) is 0 Å². The van der Waals surface area contributed by atoms with E-state index in [1.165, 1.54) is 34.4 Å². The van der Waals surface area contributed by atoms with E-state index in [9.17, 15) is 0 Å². The maximum atomic E-state index is 5.62. The highest BCUT2D eigenvalue weighted by Crippen LogP contribution is 2.37. The predicted molar refractivity (Wildman–Crippen MR) is 54.3 cm³/mol. The second-order valence-corrected chi connectivity index (χ2v) is 4.15. The summed E-state index contributed by atoms with van der Waals surface area (Å²) in [5, 5.41) is 2.17. The third-order valence-corrected chi connectivity index (χ3v) is 3.50. The van der Waals surface area contributed by atoms with Gasteiger partial charge in [-0.15, -0.1) is 11.3 Å². The lowest BCUT2D eigenvalue weighted by Crippen LogP contribution is -2.01. The normalized spacial score (nSPS) is 19.5. The fourth-order valence-corrected chi connectivity index (χ4v) is 2.81. The van der Waals surface area contributed by atoms with Crippen molar-refractivity contribution in [1.82, 2.24) is 0 Å². The zero-order chi connectivity index (χ0) is 8.55. The van der Waals surface area contributed by atoms with Crippen molar-refractivity contribution in [2.75, 3.05) is 6.54 Å². The van der Waals surface area contributed by atoms with E-state index in [4.69, 9.17) is 5.73 Å². The molecule has 1 aliphatic rings. The molecule has 0 fully saturated rings. The number of allylic oxidation sites excluding steroid dienone is 1. The molecule has 0 bridgehead atoms. The molecule has 1 aromatic heterocycles. The maximum Gasteiger partial charge on any atom is 0.0334 e. The van der Waals surface area contributed by atoms with Crippen molar-refractivity contribution in [2.45, 2.75) is 19.8 Å². The zero-order valence-electron chi connectivity index (χ0n) is 7.26. The summed E-state index contributed by atoms with van der Waals surface area (Å²) in [7, 11) is 0. The second kappa shape index (κ2) is 3.04. The molecule has 0 aromatic carbocycles. The Bertz CT molecular complexity index is 322. The van der Waals surface area contributed by atoms with Crippen LogP contribution in [0.3, 0.4) is 0 Å². The average molecular weight is 179 g/mol. The van der Waals surface area contributed by atoms with E-state index in [1.54, 1.807) is 0 Å². The van der Waals surface area contributed by atoms with Crippen LogP contribution in [0.5, 0.6) is 0 Å². The van der Waals surface area contributed by atoms with Gasteiger partial charge in [0, 0.05) is 11.4 Å². The Kier molecular flexibility index (Phi) is 2.03. The van der Waals surface area contributed by atoms with Gasteiger partial charge in [0.05, 0.1) is 0 Å². The van der Waals surface area contributed by atoms with Crippen LogP contribution in [0.15, 0.2) is 17.0 Å². The summed E-state index contributed by atoms with van der Waals surface area (Å²) in [4.78, 5) is 1.48. The molecular formula is C10H13NS. The van der Waals surface area contributed by atoms with E-state index >= 15 is 0 Å². The monoisotopic (exact) mass is 179 g/mol. The molecule has 1 heterocycles. The van der Waals surface area contributed by atoms with Gasteiger partial charge in [0.1, 0.15) is 0 Å². The molecule has 0 unspecified atom stereocenters. The number of nitrogens with two attached hydrogens (primary N) is 1. The molecule has 0 atom stereocenters. The first-order valence-corrected chi connectivity index (χ1v) is 5.16. The predicted octanol–water partition coefficient (Wildman–Crippen LogP) is 2.43. The van der Waals surface area contributed by atoms with Crippen molar-refractivity contribution in [3.63, 3.8) is 0 Å². The molecule has 0 aliphatic heterocycles. The van der Waals surface area contributed by atoms with Gasteiger partial charge in [-0.1, -0.05) is 5.57 Å². The van der Waals surface area contributed by atoms with Gasteiger partial charge in [0.25, 0.3) is 0 Å². The summed E-state index contributed by atoms with van der Waals surface area (Å²) >= 11 is 1.85. The van der Waals surface area contributed by atoms with Gasteiger partial charge in [-0.2, -0.15) is 0 Å². The molecule has 64 valence electrons. The van der Waals surface area contributed by atoms with Crippen LogP contribution in [-0.2, 0) is 6.42 Å². The third-order valence-electron chi connectivity index (χ3n) is 2.49. The summed E-state index contributed by atoms with van der Waals surface area (Å²) in [5.74, 6) is 0. The standard InChI is InChI=1S/C10H13NS/c1-7(6-11)9-3-2-8-4-5-12-10(8)9/h4-5H,2-3,6,11H2,1H3/b9-7+. The van der Waals surface area contributed by atoms with E-state index in [1.807, 2.05) is 11.3 Å². The topological polar surface area (TPSA) is 26.0 Å². The summed E-state index contributed by atoms with van der Waals surface area (Å²) in [6.07, 6.45) is 2.41. The fourth-order valence-electron chi connectivity index (χ4n) is 1.70. The highest BCUT2D eigenvalue weighted by molar-refractivity contribution is 7.11. The molecule has 1 aromatic rings. The van der Waals surface area contributed by atoms with E-state index in [0.29, 0.717) is 6.54 Å². The number of aryl methyl sites for hydroxylation is 1. The van der Waals surface area contributed by atoms with E-state index in [2.05, 4.69) is 18.4 Å². The van der Waals surface area contributed by atoms with Crippen molar-refractivity contribution >= 4 is 16.9 Å². The summed E-state index contributed by atoms with van der Waals surface area (Å²) in [6.45, 7) is 2.84. The Hall–Kier alpha value is -0.600. The van der Waals surface area contributed by atoms with E-state index in [-0.39, 0.29) is 0 Å². The Morgan fingerprint density at radius 2 is 2.42 bits per heavy atom. The van der Waals surface area contributed by atoms with Crippen molar-refractivity contribution in [2.24, 2.45) is 5.73 Å². The van der Waals surface area contributed by atoms with Crippen LogP contribution in [0.4, 0.5) is 0 Å². The van der Waals surface area contributed by atoms with Gasteiger partial charge in [-0.25, -0.2) is 0 Å². The van der Waals surface area contributed by atoms with Crippen LogP contribution in [0.1, 0.15) is 23.8 Å². The molecule has 0 spiro atoms. The largest absolute Gasteiger partial charge is 0.327 e. The highest BCUT2D eigenvalue weighted by atomic mass is 32.1. The lowest BCUT2D eigenvalue weighted by molar-refractivity contribution is 1.05. The second-order valence-electron chi connectivity index (χ2n) is 3.24. The minimum Gasteiger partial charge on any atom is -0.327 e. The van der Waals surface area contributed by atoms with Crippen LogP contribution in [-0.4, -0.2) is 6.54 Å².